The molecule has 1 fully saturated rings. The van der Waals surface area contributed by atoms with Crippen molar-refractivity contribution in [2.45, 2.75) is 26.3 Å². The van der Waals surface area contributed by atoms with Crippen molar-refractivity contribution in [3.8, 4) is 0 Å². The van der Waals surface area contributed by atoms with E-state index in [4.69, 9.17) is 4.74 Å². The van der Waals surface area contributed by atoms with Crippen LogP contribution in [0.25, 0.3) is 0 Å². The molecule has 0 saturated carbocycles. The number of carbonyl (C=O) groups is 1. The van der Waals surface area contributed by atoms with Crippen LogP contribution in [-0.2, 0) is 16.1 Å². The van der Waals surface area contributed by atoms with Crippen molar-refractivity contribution in [1.82, 2.24) is 14.8 Å². The van der Waals surface area contributed by atoms with Gasteiger partial charge in [-0.2, -0.15) is 0 Å². The van der Waals surface area contributed by atoms with Gasteiger partial charge in [0, 0.05) is 57.9 Å². The summed E-state index contributed by atoms with van der Waals surface area (Å²) in [6.07, 6.45) is 1.81. The SMILES string of the molecule is COCCN(CC1CN(Cc2ccccn2)CC1c1cccc(F)c1)C(=O)C(C)C. The lowest BCUT2D eigenvalue weighted by molar-refractivity contribution is -0.135. The number of halogens is 1. The molecule has 1 aromatic carbocycles. The van der Waals surface area contributed by atoms with Gasteiger partial charge in [-0.1, -0.05) is 32.0 Å². The fourth-order valence-electron chi connectivity index (χ4n) is 4.25. The van der Waals surface area contributed by atoms with Crippen LogP contribution in [0, 0.1) is 17.7 Å². The van der Waals surface area contributed by atoms with Gasteiger partial charge in [-0.25, -0.2) is 4.39 Å². The van der Waals surface area contributed by atoms with E-state index in [0.717, 1.165) is 30.9 Å². The predicted molar refractivity (Wildman–Crippen MR) is 115 cm³/mol. The number of carbonyl (C=O) groups excluding carboxylic acids is 1. The summed E-state index contributed by atoms with van der Waals surface area (Å²) in [5.74, 6) is 0.224. The number of nitrogens with zero attached hydrogens (tertiary/aromatic N) is 3. The molecule has 2 atom stereocenters. The minimum atomic E-state index is -0.219. The fraction of sp³-hybridized carbons (Fsp3) is 0.500. The summed E-state index contributed by atoms with van der Waals surface area (Å²) in [4.78, 5) is 21.5. The molecular weight excluding hydrogens is 381 g/mol. The van der Waals surface area contributed by atoms with Crippen LogP contribution in [-0.4, -0.2) is 60.6 Å². The summed E-state index contributed by atoms with van der Waals surface area (Å²) < 4.78 is 19.2. The standard InChI is InChI=1S/C24H32FN3O2/c1-18(2)24(29)28(11-12-30-3)15-20-14-27(16-22-9-4-5-10-26-22)17-23(20)19-7-6-8-21(25)13-19/h4-10,13,18,20,23H,11-12,14-17H2,1-3H3. The summed E-state index contributed by atoms with van der Waals surface area (Å²) >= 11 is 0. The molecule has 2 aromatic rings. The first-order chi connectivity index (χ1) is 14.5. The molecule has 1 amide bonds. The normalized spacial score (nSPS) is 19.4. The number of methoxy groups -OCH3 is 1. The van der Waals surface area contributed by atoms with E-state index >= 15 is 0 Å². The Morgan fingerprint density at radius 1 is 1.27 bits per heavy atom. The van der Waals surface area contributed by atoms with Crippen LogP contribution in [0.2, 0.25) is 0 Å². The average Bonchev–Trinajstić information content (AvgIpc) is 3.13. The van der Waals surface area contributed by atoms with E-state index in [2.05, 4.69) is 9.88 Å². The third-order valence-electron chi connectivity index (χ3n) is 5.73. The minimum Gasteiger partial charge on any atom is -0.383 e. The van der Waals surface area contributed by atoms with Gasteiger partial charge in [0.2, 0.25) is 5.91 Å². The van der Waals surface area contributed by atoms with Crippen molar-refractivity contribution in [1.29, 1.82) is 0 Å². The Labute approximate surface area is 178 Å². The summed E-state index contributed by atoms with van der Waals surface area (Å²) in [6.45, 7) is 7.97. The molecule has 1 saturated heterocycles. The topological polar surface area (TPSA) is 45.7 Å². The number of pyridine rings is 1. The van der Waals surface area contributed by atoms with Crippen LogP contribution in [0.4, 0.5) is 4.39 Å². The van der Waals surface area contributed by atoms with Gasteiger partial charge in [0.15, 0.2) is 0 Å². The van der Waals surface area contributed by atoms with Crippen molar-refractivity contribution < 1.29 is 13.9 Å². The molecule has 1 aromatic heterocycles. The molecule has 0 N–H and O–H groups in total. The lowest BCUT2D eigenvalue weighted by Gasteiger charge is -2.29. The summed E-state index contributed by atoms with van der Waals surface area (Å²) in [7, 11) is 1.65. The van der Waals surface area contributed by atoms with Crippen LogP contribution in [0.5, 0.6) is 0 Å². The highest BCUT2D eigenvalue weighted by Gasteiger charge is 2.36. The monoisotopic (exact) mass is 413 g/mol. The lowest BCUT2D eigenvalue weighted by atomic mass is 9.88. The molecule has 30 heavy (non-hydrogen) atoms. The van der Waals surface area contributed by atoms with E-state index in [1.165, 1.54) is 6.07 Å². The summed E-state index contributed by atoms with van der Waals surface area (Å²) in [5, 5.41) is 0. The molecule has 5 nitrogen and oxygen atoms in total. The fourth-order valence-corrected chi connectivity index (χ4v) is 4.25. The Bertz CT molecular complexity index is 815. The zero-order valence-corrected chi connectivity index (χ0v) is 18.1. The van der Waals surface area contributed by atoms with Crippen LogP contribution in [0.1, 0.15) is 31.0 Å². The molecule has 162 valence electrons. The van der Waals surface area contributed by atoms with E-state index in [0.29, 0.717) is 19.7 Å². The molecule has 1 aliphatic heterocycles. The first-order valence-electron chi connectivity index (χ1n) is 10.6. The summed E-state index contributed by atoms with van der Waals surface area (Å²) in [5.41, 5.74) is 2.01. The maximum Gasteiger partial charge on any atom is 0.225 e. The zero-order chi connectivity index (χ0) is 21.5. The molecule has 0 spiro atoms. The third kappa shape index (κ3) is 5.86. The number of hydrogen-bond acceptors (Lipinski definition) is 4. The van der Waals surface area contributed by atoms with Gasteiger partial charge in [-0.15, -0.1) is 0 Å². The maximum absolute atomic E-state index is 14.0. The average molecular weight is 414 g/mol. The van der Waals surface area contributed by atoms with Crippen LogP contribution in [0.15, 0.2) is 48.7 Å². The summed E-state index contributed by atoms with van der Waals surface area (Å²) in [6, 6.07) is 12.8. The second-order valence-corrected chi connectivity index (χ2v) is 8.37. The molecule has 0 bridgehead atoms. The Morgan fingerprint density at radius 3 is 2.77 bits per heavy atom. The molecule has 0 aliphatic carbocycles. The minimum absolute atomic E-state index is 0.0690. The van der Waals surface area contributed by atoms with E-state index in [1.807, 2.05) is 43.0 Å². The lowest BCUT2D eigenvalue weighted by Crippen LogP contribution is -2.41. The van der Waals surface area contributed by atoms with Crippen molar-refractivity contribution in [3.05, 3.63) is 65.7 Å². The number of aromatic nitrogens is 1. The van der Waals surface area contributed by atoms with Crippen molar-refractivity contribution in [2.75, 3.05) is 39.9 Å². The van der Waals surface area contributed by atoms with Gasteiger partial charge in [-0.3, -0.25) is 14.7 Å². The highest BCUT2D eigenvalue weighted by atomic mass is 19.1. The molecule has 3 rings (SSSR count). The number of likely N-dealkylation sites (tertiary alicyclic amines) is 1. The maximum atomic E-state index is 14.0. The number of benzene rings is 1. The van der Waals surface area contributed by atoms with Crippen LogP contribution >= 0.6 is 0 Å². The Balaban J connectivity index is 1.80. The molecule has 1 aliphatic rings. The number of amides is 1. The van der Waals surface area contributed by atoms with Crippen molar-refractivity contribution >= 4 is 5.91 Å². The van der Waals surface area contributed by atoms with Gasteiger partial charge >= 0.3 is 0 Å². The van der Waals surface area contributed by atoms with Gasteiger partial charge in [0.25, 0.3) is 0 Å². The first kappa shape index (κ1) is 22.4. The van der Waals surface area contributed by atoms with E-state index < -0.39 is 0 Å². The van der Waals surface area contributed by atoms with Crippen LogP contribution < -0.4 is 0 Å². The molecule has 2 heterocycles. The molecule has 0 radical (unpaired) electrons. The highest BCUT2D eigenvalue weighted by Crippen LogP contribution is 2.34. The zero-order valence-electron chi connectivity index (χ0n) is 18.1. The van der Waals surface area contributed by atoms with Crippen molar-refractivity contribution in [3.63, 3.8) is 0 Å². The quantitative estimate of drug-likeness (QED) is 0.631. The highest BCUT2D eigenvalue weighted by molar-refractivity contribution is 5.78. The third-order valence-corrected chi connectivity index (χ3v) is 5.73. The smallest absolute Gasteiger partial charge is 0.225 e. The Hall–Kier alpha value is -2.31. The Morgan fingerprint density at radius 2 is 2.10 bits per heavy atom. The number of ether oxygens (including phenoxy) is 1. The van der Waals surface area contributed by atoms with E-state index in [-0.39, 0.29) is 29.5 Å². The predicted octanol–water partition coefficient (Wildman–Crippen LogP) is 3.57. The van der Waals surface area contributed by atoms with Gasteiger partial charge in [-0.05, 0) is 35.7 Å². The largest absolute Gasteiger partial charge is 0.383 e. The van der Waals surface area contributed by atoms with E-state index in [9.17, 15) is 9.18 Å². The molecule has 2 unspecified atom stereocenters. The second-order valence-electron chi connectivity index (χ2n) is 8.37. The first-order valence-corrected chi connectivity index (χ1v) is 10.6. The second kappa shape index (κ2) is 10.6. The number of hydrogen-bond donors (Lipinski definition) is 0. The molecular formula is C24H32FN3O2. The van der Waals surface area contributed by atoms with E-state index in [1.54, 1.807) is 25.4 Å². The van der Waals surface area contributed by atoms with Gasteiger partial charge in [0.05, 0.1) is 12.3 Å². The van der Waals surface area contributed by atoms with Crippen LogP contribution in [0.3, 0.4) is 0 Å². The van der Waals surface area contributed by atoms with Gasteiger partial charge in [0.1, 0.15) is 5.82 Å². The Kier molecular flexibility index (Phi) is 7.94. The molecule has 6 heteroatoms. The van der Waals surface area contributed by atoms with Gasteiger partial charge < -0.3 is 9.64 Å². The van der Waals surface area contributed by atoms with Crippen molar-refractivity contribution in [2.24, 2.45) is 11.8 Å². The number of rotatable bonds is 9.